The van der Waals surface area contributed by atoms with Crippen molar-refractivity contribution in [3.05, 3.63) is 47.1 Å². The predicted octanol–water partition coefficient (Wildman–Crippen LogP) is 2.22. The molecule has 0 saturated carbocycles. The second-order valence-electron chi connectivity index (χ2n) is 4.40. The summed E-state index contributed by atoms with van der Waals surface area (Å²) >= 11 is 0.804. The first-order chi connectivity index (χ1) is 9.85. The van der Waals surface area contributed by atoms with Crippen LogP contribution in [-0.2, 0) is 10.0 Å². The van der Waals surface area contributed by atoms with Gasteiger partial charge in [-0.1, -0.05) is 30.3 Å². The number of hydrogen-bond acceptors (Lipinski definition) is 5. The molecule has 1 heterocycles. The monoisotopic (exact) mass is 326 g/mol. The Morgan fingerprint density at radius 2 is 1.95 bits per heavy atom. The van der Waals surface area contributed by atoms with E-state index in [1.165, 1.54) is 12.6 Å². The summed E-state index contributed by atoms with van der Waals surface area (Å²) < 4.78 is 26.0. The Hall–Kier alpha value is -1.77. The number of rotatable bonds is 5. The minimum absolute atomic E-state index is 0.250. The van der Waals surface area contributed by atoms with Crippen LogP contribution in [-0.4, -0.2) is 35.8 Å². The Balaban J connectivity index is 2.39. The van der Waals surface area contributed by atoms with Gasteiger partial charge in [0.05, 0.1) is 5.51 Å². The van der Waals surface area contributed by atoms with Gasteiger partial charge < -0.3 is 5.11 Å². The topological polar surface area (TPSA) is 87.6 Å². The number of aromatic carboxylic acids is 1. The lowest BCUT2D eigenvalue weighted by Gasteiger charge is -2.24. The van der Waals surface area contributed by atoms with Crippen LogP contribution in [0.2, 0.25) is 0 Å². The molecule has 0 aliphatic rings. The van der Waals surface area contributed by atoms with Crippen LogP contribution < -0.4 is 0 Å². The Bertz CT molecular complexity index is 741. The van der Waals surface area contributed by atoms with E-state index in [9.17, 15) is 13.2 Å². The number of carboxylic acid groups (broad SMARTS) is 1. The maximum Gasteiger partial charge on any atom is 0.356 e. The zero-order valence-corrected chi connectivity index (χ0v) is 13.1. The second-order valence-corrected chi connectivity index (χ2v) is 7.45. The molecule has 1 atom stereocenters. The maximum absolute atomic E-state index is 12.6. The van der Waals surface area contributed by atoms with Crippen LogP contribution in [0.15, 0.2) is 40.1 Å². The SMILES string of the molecule is CC(c1ccccc1)N(C)S(=O)(=O)c1scnc1C(=O)O. The van der Waals surface area contributed by atoms with E-state index < -0.39 is 27.7 Å². The molecule has 0 radical (unpaired) electrons. The van der Waals surface area contributed by atoms with Crippen molar-refractivity contribution in [1.82, 2.24) is 9.29 Å². The van der Waals surface area contributed by atoms with Crippen molar-refractivity contribution in [2.75, 3.05) is 7.05 Å². The molecule has 2 rings (SSSR count). The molecule has 1 unspecified atom stereocenters. The number of thiazole rings is 1. The van der Waals surface area contributed by atoms with E-state index >= 15 is 0 Å². The molecule has 0 fully saturated rings. The summed E-state index contributed by atoms with van der Waals surface area (Å²) in [5.41, 5.74) is 1.61. The van der Waals surface area contributed by atoms with Gasteiger partial charge in [-0.15, -0.1) is 11.3 Å². The number of benzene rings is 1. The van der Waals surface area contributed by atoms with Gasteiger partial charge in [0.15, 0.2) is 9.90 Å². The van der Waals surface area contributed by atoms with Crippen LogP contribution in [0.5, 0.6) is 0 Å². The van der Waals surface area contributed by atoms with Crippen LogP contribution in [0.25, 0.3) is 0 Å². The minimum atomic E-state index is -3.91. The lowest BCUT2D eigenvalue weighted by atomic mass is 10.1. The molecule has 0 amide bonds. The average Bonchev–Trinajstić information content (AvgIpc) is 2.97. The molecule has 1 aromatic carbocycles. The van der Waals surface area contributed by atoms with Gasteiger partial charge in [0.1, 0.15) is 0 Å². The molecular weight excluding hydrogens is 312 g/mol. The summed E-state index contributed by atoms with van der Waals surface area (Å²) in [5, 5.41) is 9.02. The van der Waals surface area contributed by atoms with E-state index in [0.717, 1.165) is 21.2 Å². The summed E-state index contributed by atoms with van der Waals surface area (Å²) in [7, 11) is -2.48. The van der Waals surface area contributed by atoms with Gasteiger partial charge in [0.2, 0.25) is 0 Å². The number of hydrogen-bond donors (Lipinski definition) is 1. The Morgan fingerprint density at radius 3 is 2.52 bits per heavy atom. The average molecular weight is 326 g/mol. The predicted molar refractivity (Wildman–Crippen MR) is 78.9 cm³/mol. The van der Waals surface area contributed by atoms with E-state index in [0.29, 0.717) is 0 Å². The fraction of sp³-hybridized carbons (Fsp3) is 0.231. The van der Waals surface area contributed by atoms with E-state index in [1.54, 1.807) is 6.92 Å². The van der Waals surface area contributed by atoms with Crippen molar-refractivity contribution in [3.8, 4) is 0 Å². The minimum Gasteiger partial charge on any atom is -0.476 e. The Kier molecular flexibility index (Phi) is 4.40. The summed E-state index contributed by atoms with van der Waals surface area (Å²) in [4.78, 5) is 14.7. The van der Waals surface area contributed by atoms with Crippen LogP contribution >= 0.6 is 11.3 Å². The van der Waals surface area contributed by atoms with E-state index in [4.69, 9.17) is 5.11 Å². The highest BCUT2D eigenvalue weighted by atomic mass is 32.2. The first-order valence-corrected chi connectivity index (χ1v) is 8.37. The molecule has 21 heavy (non-hydrogen) atoms. The maximum atomic E-state index is 12.6. The van der Waals surface area contributed by atoms with Crippen molar-refractivity contribution in [3.63, 3.8) is 0 Å². The van der Waals surface area contributed by atoms with Crippen LogP contribution in [0, 0.1) is 0 Å². The zero-order valence-electron chi connectivity index (χ0n) is 11.4. The molecule has 1 aromatic heterocycles. The zero-order chi connectivity index (χ0) is 15.6. The van der Waals surface area contributed by atoms with Crippen LogP contribution in [0.3, 0.4) is 0 Å². The Labute approximate surface area is 126 Å². The number of nitrogens with zero attached hydrogens (tertiary/aromatic N) is 2. The summed E-state index contributed by atoms with van der Waals surface area (Å²) in [6.45, 7) is 1.74. The molecule has 0 bridgehead atoms. The van der Waals surface area contributed by atoms with Gasteiger partial charge in [-0.25, -0.2) is 18.2 Å². The molecule has 8 heteroatoms. The summed E-state index contributed by atoms with van der Waals surface area (Å²) in [6.07, 6.45) is 0. The molecule has 6 nitrogen and oxygen atoms in total. The number of carboxylic acids is 1. The normalized spacial score (nSPS) is 13.3. The molecule has 112 valence electrons. The van der Waals surface area contributed by atoms with Crippen molar-refractivity contribution < 1.29 is 18.3 Å². The highest BCUT2D eigenvalue weighted by molar-refractivity contribution is 7.91. The van der Waals surface area contributed by atoms with Gasteiger partial charge in [0.25, 0.3) is 10.0 Å². The highest BCUT2D eigenvalue weighted by Crippen LogP contribution is 2.29. The van der Waals surface area contributed by atoms with Crippen molar-refractivity contribution in [2.24, 2.45) is 0 Å². The molecule has 0 saturated heterocycles. The fourth-order valence-electron chi connectivity index (χ4n) is 1.84. The first-order valence-electron chi connectivity index (χ1n) is 6.05. The van der Waals surface area contributed by atoms with Crippen LogP contribution in [0.1, 0.15) is 29.0 Å². The highest BCUT2D eigenvalue weighted by Gasteiger charge is 2.32. The number of carbonyl (C=O) groups is 1. The number of aromatic nitrogens is 1. The molecular formula is C13H14N2O4S2. The molecule has 2 aromatic rings. The third-order valence-corrected chi connectivity index (χ3v) is 6.45. The fourth-order valence-corrected chi connectivity index (χ4v) is 4.50. The van der Waals surface area contributed by atoms with Crippen molar-refractivity contribution in [2.45, 2.75) is 17.2 Å². The van der Waals surface area contributed by atoms with E-state index in [2.05, 4.69) is 4.98 Å². The lowest BCUT2D eigenvalue weighted by Crippen LogP contribution is -2.30. The molecule has 1 N–H and O–H groups in total. The molecule has 0 aliphatic heterocycles. The number of sulfonamides is 1. The van der Waals surface area contributed by atoms with Gasteiger partial charge in [-0.3, -0.25) is 0 Å². The van der Waals surface area contributed by atoms with Gasteiger partial charge >= 0.3 is 5.97 Å². The van der Waals surface area contributed by atoms with Gasteiger partial charge in [-0.05, 0) is 12.5 Å². The summed E-state index contributed by atoms with van der Waals surface area (Å²) in [6, 6.07) is 8.71. The van der Waals surface area contributed by atoms with Gasteiger partial charge in [-0.2, -0.15) is 4.31 Å². The first kappa shape index (κ1) is 15.6. The third-order valence-electron chi connectivity index (χ3n) is 3.18. The quantitative estimate of drug-likeness (QED) is 0.910. The lowest BCUT2D eigenvalue weighted by molar-refractivity contribution is 0.0687. The largest absolute Gasteiger partial charge is 0.476 e. The van der Waals surface area contributed by atoms with E-state index in [-0.39, 0.29) is 4.21 Å². The smallest absolute Gasteiger partial charge is 0.356 e. The van der Waals surface area contributed by atoms with Gasteiger partial charge in [0, 0.05) is 13.1 Å². The molecule has 0 aliphatic carbocycles. The van der Waals surface area contributed by atoms with Crippen LogP contribution in [0.4, 0.5) is 0 Å². The van der Waals surface area contributed by atoms with Crippen molar-refractivity contribution >= 4 is 27.3 Å². The third kappa shape index (κ3) is 2.97. The summed E-state index contributed by atoms with van der Waals surface area (Å²) in [5.74, 6) is -1.35. The van der Waals surface area contributed by atoms with Crippen molar-refractivity contribution in [1.29, 1.82) is 0 Å². The van der Waals surface area contributed by atoms with E-state index in [1.807, 2.05) is 30.3 Å². The second kappa shape index (κ2) is 5.92. The molecule has 0 spiro atoms. The Morgan fingerprint density at radius 1 is 1.33 bits per heavy atom. The standard InChI is InChI=1S/C13H14N2O4S2/c1-9(10-6-4-3-5-7-10)15(2)21(18,19)13-11(12(16)17)14-8-20-13/h3-9H,1-2H3,(H,16,17).